The molecule has 1 aromatic heterocycles. The van der Waals surface area contributed by atoms with Crippen molar-refractivity contribution in [3.05, 3.63) is 73.8 Å². The molecule has 1 aliphatic carbocycles. The van der Waals surface area contributed by atoms with Crippen molar-refractivity contribution in [1.82, 2.24) is 0 Å². The zero-order valence-corrected chi connectivity index (χ0v) is 14.3. The van der Waals surface area contributed by atoms with Gasteiger partial charge in [-0.25, -0.2) is 4.79 Å². The molecule has 0 atom stereocenters. The molecule has 2 nitrogen and oxygen atoms in total. The Bertz CT molecular complexity index is 790. The van der Waals surface area contributed by atoms with Gasteiger partial charge in [-0.3, -0.25) is 0 Å². The van der Waals surface area contributed by atoms with Crippen LogP contribution in [0.25, 0.3) is 5.57 Å². The largest absolute Gasteiger partial charge is 0.428 e. The SMILES string of the molecule is O=c1cc(C2=CCCCC2)cc(CCc2ccc(Cl)cc2Cl)o1. The maximum absolute atomic E-state index is 11.8. The Morgan fingerprint density at radius 2 is 1.91 bits per heavy atom. The maximum Gasteiger partial charge on any atom is 0.336 e. The molecule has 120 valence electrons. The van der Waals surface area contributed by atoms with Gasteiger partial charge in [0, 0.05) is 22.5 Å². The Hall–Kier alpha value is -1.51. The normalized spacial score (nSPS) is 14.6. The first kappa shape index (κ1) is 16.4. The highest BCUT2D eigenvalue weighted by atomic mass is 35.5. The van der Waals surface area contributed by atoms with Gasteiger partial charge in [-0.1, -0.05) is 35.3 Å². The van der Waals surface area contributed by atoms with E-state index in [1.165, 1.54) is 18.4 Å². The van der Waals surface area contributed by atoms with E-state index < -0.39 is 0 Å². The predicted molar refractivity (Wildman–Crippen MR) is 95.3 cm³/mol. The third-order valence-electron chi connectivity index (χ3n) is 4.14. The van der Waals surface area contributed by atoms with Gasteiger partial charge in [-0.15, -0.1) is 0 Å². The van der Waals surface area contributed by atoms with Crippen LogP contribution in [0.5, 0.6) is 0 Å². The first-order chi connectivity index (χ1) is 11.1. The Kier molecular flexibility index (Phi) is 5.24. The molecule has 0 amide bonds. The predicted octanol–water partition coefficient (Wildman–Crippen LogP) is 5.69. The summed E-state index contributed by atoms with van der Waals surface area (Å²) in [4.78, 5) is 11.8. The number of benzene rings is 1. The summed E-state index contributed by atoms with van der Waals surface area (Å²) in [7, 11) is 0. The first-order valence-electron chi connectivity index (χ1n) is 7.89. The second kappa shape index (κ2) is 7.37. The van der Waals surface area contributed by atoms with Gasteiger partial charge in [0.2, 0.25) is 0 Å². The van der Waals surface area contributed by atoms with Crippen LogP contribution in [-0.2, 0) is 12.8 Å². The zero-order valence-electron chi connectivity index (χ0n) is 12.8. The molecule has 0 bridgehead atoms. The highest BCUT2D eigenvalue weighted by Crippen LogP contribution is 2.27. The van der Waals surface area contributed by atoms with Crippen molar-refractivity contribution in [1.29, 1.82) is 0 Å². The number of hydrogen-bond donors (Lipinski definition) is 0. The van der Waals surface area contributed by atoms with Gasteiger partial charge in [0.25, 0.3) is 0 Å². The minimum atomic E-state index is -0.286. The number of allylic oxidation sites excluding steroid dienone is 2. The summed E-state index contributed by atoms with van der Waals surface area (Å²) < 4.78 is 5.34. The van der Waals surface area contributed by atoms with Gasteiger partial charge in [-0.05, 0) is 67.0 Å². The number of rotatable bonds is 4. The number of aryl methyl sites for hydroxylation is 2. The fourth-order valence-corrected chi connectivity index (χ4v) is 3.42. The molecule has 1 heterocycles. The van der Waals surface area contributed by atoms with Crippen LogP contribution in [0, 0.1) is 0 Å². The van der Waals surface area contributed by atoms with E-state index in [9.17, 15) is 4.79 Å². The second-order valence-corrected chi connectivity index (χ2v) is 6.69. The summed E-state index contributed by atoms with van der Waals surface area (Å²) in [6, 6.07) is 9.05. The lowest BCUT2D eigenvalue weighted by atomic mass is 9.94. The van der Waals surface area contributed by atoms with Crippen LogP contribution in [0.4, 0.5) is 0 Å². The number of hydrogen-bond acceptors (Lipinski definition) is 2. The van der Waals surface area contributed by atoms with E-state index in [2.05, 4.69) is 6.08 Å². The van der Waals surface area contributed by atoms with Gasteiger partial charge in [0.05, 0.1) is 0 Å². The molecule has 1 aliphatic rings. The van der Waals surface area contributed by atoms with E-state index >= 15 is 0 Å². The Morgan fingerprint density at radius 1 is 1.04 bits per heavy atom. The van der Waals surface area contributed by atoms with Crippen molar-refractivity contribution in [2.45, 2.75) is 38.5 Å². The van der Waals surface area contributed by atoms with Gasteiger partial charge < -0.3 is 4.42 Å². The molecule has 0 aliphatic heterocycles. The zero-order chi connectivity index (χ0) is 16.2. The van der Waals surface area contributed by atoms with Gasteiger partial charge in [0.1, 0.15) is 5.76 Å². The third kappa shape index (κ3) is 4.27. The highest BCUT2D eigenvalue weighted by molar-refractivity contribution is 6.35. The van der Waals surface area contributed by atoms with Crippen molar-refractivity contribution in [2.24, 2.45) is 0 Å². The minimum absolute atomic E-state index is 0.286. The number of halogens is 2. The topological polar surface area (TPSA) is 30.2 Å². The minimum Gasteiger partial charge on any atom is -0.428 e. The molecule has 0 spiro atoms. The van der Waals surface area contributed by atoms with Crippen molar-refractivity contribution in [3.8, 4) is 0 Å². The Labute approximate surface area is 145 Å². The smallest absolute Gasteiger partial charge is 0.336 e. The van der Waals surface area contributed by atoms with Gasteiger partial charge in [-0.2, -0.15) is 0 Å². The van der Waals surface area contributed by atoms with Crippen LogP contribution >= 0.6 is 23.2 Å². The van der Waals surface area contributed by atoms with Gasteiger partial charge in [0.15, 0.2) is 0 Å². The molecule has 0 unspecified atom stereocenters. The van der Waals surface area contributed by atoms with Crippen molar-refractivity contribution in [2.75, 3.05) is 0 Å². The average molecular weight is 349 g/mol. The van der Waals surface area contributed by atoms with Crippen molar-refractivity contribution < 1.29 is 4.42 Å². The summed E-state index contributed by atoms with van der Waals surface area (Å²) in [6.45, 7) is 0. The molecule has 23 heavy (non-hydrogen) atoms. The molecule has 0 saturated heterocycles. The molecule has 4 heteroatoms. The fourth-order valence-electron chi connectivity index (χ4n) is 2.92. The van der Waals surface area contributed by atoms with Crippen LogP contribution in [0.1, 0.15) is 42.6 Å². The average Bonchev–Trinajstić information content (AvgIpc) is 2.54. The standard InChI is InChI=1S/C19H18Cl2O2/c20-16-8-6-14(18(21)12-16)7-9-17-10-15(11-19(22)23-17)13-4-2-1-3-5-13/h4,6,8,10-12H,1-3,5,7,9H2. The van der Waals surface area contributed by atoms with Gasteiger partial charge >= 0.3 is 5.63 Å². The molecule has 0 radical (unpaired) electrons. The summed E-state index contributed by atoms with van der Waals surface area (Å²) in [5.74, 6) is 0.699. The first-order valence-corrected chi connectivity index (χ1v) is 8.65. The fraction of sp³-hybridized carbons (Fsp3) is 0.316. The lowest BCUT2D eigenvalue weighted by Gasteiger charge is -2.13. The van der Waals surface area contributed by atoms with E-state index in [0.29, 0.717) is 28.6 Å². The van der Waals surface area contributed by atoms with Crippen LogP contribution in [0.2, 0.25) is 10.0 Å². The molecular weight excluding hydrogens is 331 g/mol. The molecular formula is C19H18Cl2O2. The maximum atomic E-state index is 11.8. The highest BCUT2D eigenvalue weighted by Gasteiger charge is 2.10. The molecule has 3 rings (SSSR count). The van der Waals surface area contributed by atoms with Crippen LogP contribution in [0.15, 0.2) is 45.6 Å². The lowest BCUT2D eigenvalue weighted by molar-refractivity contribution is 0.458. The van der Waals surface area contributed by atoms with Crippen LogP contribution in [-0.4, -0.2) is 0 Å². The van der Waals surface area contributed by atoms with Crippen LogP contribution in [0.3, 0.4) is 0 Å². The summed E-state index contributed by atoms with van der Waals surface area (Å²) in [5.41, 5.74) is 2.97. The van der Waals surface area contributed by atoms with E-state index in [1.807, 2.05) is 18.2 Å². The summed E-state index contributed by atoms with van der Waals surface area (Å²) in [5, 5.41) is 1.27. The van der Waals surface area contributed by atoms with E-state index in [1.54, 1.807) is 12.1 Å². The molecule has 1 aromatic carbocycles. The summed E-state index contributed by atoms with van der Waals surface area (Å²) >= 11 is 12.1. The Morgan fingerprint density at radius 3 is 2.65 bits per heavy atom. The molecule has 0 fully saturated rings. The van der Waals surface area contributed by atoms with Crippen LogP contribution < -0.4 is 5.63 Å². The summed E-state index contributed by atoms with van der Waals surface area (Å²) in [6.07, 6.45) is 8.11. The van der Waals surface area contributed by atoms with Crippen molar-refractivity contribution >= 4 is 28.8 Å². The lowest BCUT2D eigenvalue weighted by Crippen LogP contribution is -2.05. The third-order valence-corrected chi connectivity index (χ3v) is 4.73. The quantitative estimate of drug-likeness (QED) is 0.710. The molecule has 0 N–H and O–H groups in total. The van der Waals surface area contributed by atoms with E-state index in [-0.39, 0.29) is 5.63 Å². The Balaban J connectivity index is 1.79. The van der Waals surface area contributed by atoms with E-state index in [0.717, 1.165) is 24.0 Å². The second-order valence-electron chi connectivity index (χ2n) is 5.84. The van der Waals surface area contributed by atoms with E-state index in [4.69, 9.17) is 27.6 Å². The molecule has 2 aromatic rings. The molecule has 0 saturated carbocycles. The van der Waals surface area contributed by atoms with Crippen molar-refractivity contribution in [3.63, 3.8) is 0 Å². The monoisotopic (exact) mass is 348 g/mol.